The Morgan fingerprint density at radius 2 is 1.93 bits per heavy atom. The van der Waals surface area contributed by atoms with E-state index in [-0.39, 0.29) is 5.75 Å². The molecular formula is C20H27N3O6S. The molecule has 10 heteroatoms. The van der Waals surface area contributed by atoms with E-state index in [1.165, 1.54) is 40.9 Å². The third-order valence-electron chi connectivity index (χ3n) is 4.91. The van der Waals surface area contributed by atoms with E-state index in [2.05, 4.69) is 5.32 Å². The van der Waals surface area contributed by atoms with Gasteiger partial charge in [0, 0.05) is 11.2 Å². The number of thioether (sulfide) groups is 1. The number of β-lactam (4-membered cyclic amide) rings is 1. The first-order chi connectivity index (χ1) is 14.0. The SMILES string of the molecule is CC1(C)S[C@@H]2[C@H](NC(=O)C(N)c3ccc(O)cc3)C(=O)N2[C@H]1C(=O)O.CCCC=O. The number of nitrogens with zero attached hydrogens (tertiary/aromatic N) is 1. The Balaban J connectivity index is 0.000000575. The zero-order valence-electron chi connectivity index (χ0n) is 17.1. The molecule has 1 aromatic rings. The van der Waals surface area contributed by atoms with E-state index < -0.39 is 46.0 Å². The minimum atomic E-state index is -1.06. The third-order valence-corrected chi connectivity index (χ3v) is 6.49. The smallest absolute Gasteiger partial charge is 0.327 e. The lowest BCUT2D eigenvalue weighted by Gasteiger charge is -2.43. The summed E-state index contributed by atoms with van der Waals surface area (Å²) in [5.74, 6) is -1.94. The molecule has 5 N–H and O–H groups in total. The molecule has 0 radical (unpaired) electrons. The van der Waals surface area contributed by atoms with E-state index in [0.29, 0.717) is 12.0 Å². The maximum Gasteiger partial charge on any atom is 0.327 e. The maximum absolute atomic E-state index is 12.3. The van der Waals surface area contributed by atoms with Gasteiger partial charge in [0.1, 0.15) is 35.5 Å². The van der Waals surface area contributed by atoms with Gasteiger partial charge in [-0.15, -0.1) is 11.8 Å². The second kappa shape index (κ2) is 9.48. The Hall–Kier alpha value is -2.59. The fraction of sp³-hybridized carbons (Fsp3) is 0.500. The number of hydrogen-bond acceptors (Lipinski definition) is 7. The van der Waals surface area contributed by atoms with Crippen molar-refractivity contribution in [1.82, 2.24) is 10.2 Å². The van der Waals surface area contributed by atoms with Crippen LogP contribution in [0.4, 0.5) is 0 Å². The van der Waals surface area contributed by atoms with Gasteiger partial charge >= 0.3 is 5.97 Å². The number of aromatic hydroxyl groups is 1. The lowest BCUT2D eigenvalue weighted by Crippen LogP contribution is -2.71. The van der Waals surface area contributed by atoms with Crippen LogP contribution in [0.1, 0.15) is 45.2 Å². The normalized spacial score (nSPS) is 24.6. The molecule has 0 spiro atoms. The highest BCUT2D eigenvalue weighted by Gasteiger charge is 2.64. The van der Waals surface area contributed by atoms with Crippen LogP contribution in [0.2, 0.25) is 0 Å². The number of unbranched alkanes of at least 4 members (excludes halogenated alkanes) is 1. The van der Waals surface area contributed by atoms with Crippen LogP contribution in [0.15, 0.2) is 24.3 Å². The average Bonchev–Trinajstić information content (AvgIpc) is 2.95. The Morgan fingerprint density at radius 1 is 1.33 bits per heavy atom. The summed E-state index contributed by atoms with van der Waals surface area (Å²) >= 11 is 1.35. The number of carboxylic acid groups (broad SMARTS) is 1. The van der Waals surface area contributed by atoms with E-state index in [4.69, 9.17) is 5.73 Å². The lowest BCUT2D eigenvalue weighted by atomic mass is 9.95. The first kappa shape index (κ1) is 23.7. The molecule has 0 aromatic heterocycles. The molecule has 9 nitrogen and oxygen atoms in total. The first-order valence-corrected chi connectivity index (χ1v) is 10.4. The average molecular weight is 438 g/mol. The van der Waals surface area contributed by atoms with Gasteiger partial charge in [0.05, 0.1) is 0 Å². The monoisotopic (exact) mass is 437 g/mol. The van der Waals surface area contributed by atoms with Gasteiger partial charge in [0.15, 0.2) is 0 Å². The second-order valence-corrected chi connectivity index (χ2v) is 9.38. The van der Waals surface area contributed by atoms with Crippen molar-refractivity contribution in [2.24, 2.45) is 5.73 Å². The number of amides is 2. The highest BCUT2D eigenvalue weighted by atomic mass is 32.2. The maximum atomic E-state index is 12.3. The zero-order chi connectivity index (χ0) is 22.6. The number of phenolic OH excluding ortho intramolecular Hbond substituents is 1. The van der Waals surface area contributed by atoms with Crippen molar-refractivity contribution >= 4 is 35.8 Å². The van der Waals surface area contributed by atoms with Gasteiger partial charge in [-0.1, -0.05) is 19.1 Å². The molecule has 30 heavy (non-hydrogen) atoms. The van der Waals surface area contributed by atoms with E-state index in [0.717, 1.165) is 12.7 Å². The van der Waals surface area contributed by atoms with Crippen molar-refractivity contribution < 1.29 is 29.4 Å². The van der Waals surface area contributed by atoms with Crippen LogP contribution < -0.4 is 11.1 Å². The highest BCUT2D eigenvalue weighted by molar-refractivity contribution is 8.01. The summed E-state index contributed by atoms with van der Waals surface area (Å²) < 4.78 is -0.648. The molecule has 1 unspecified atom stereocenters. The number of aliphatic carboxylic acids is 1. The molecule has 3 rings (SSSR count). The summed E-state index contributed by atoms with van der Waals surface area (Å²) in [5, 5.41) is 20.9. The largest absolute Gasteiger partial charge is 0.508 e. The van der Waals surface area contributed by atoms with E-state index in [1.54, 1.807) is 13.8 Å². The number of carbonyl (C=O) groups excluding carboxylic acids is 3. The van der Waals surface area contributed by atoms with Crippen LogP contribution >= 0.6 is 11.8 Å². The lowest BCUT2D eigenvalue weighted by molar-refractivity contribution is -0.161. The van der Waals surface area contributed by atoms with Crippen LogP contribution in [0.25, 0.3) is 0 Å². The topological polar surface area (TPSA) is 150 Å². The van der Waals surface area contributed by atoms with Gasteiger partial charge in [-0.05, 0) is 38.0 Å². The van der Waals surface area contributed by atoms with Crippen molar-refractivity contribution in [3.63, 3.8) is 0 Å². The fourth-order valence-electron chi connectivity index (χ4n) is 3.34. The number of phenols is 1. The Kier molecular flexibility index (Phi) is 7.49. The molecule has 0 bridgehead atoms. The molecule has 4 atom stereocenters. The molecule has 2 saturated heterocycles. The Labute approximate surface area is 179 Å². The molecule has 2 aliphatic heterocycles. The Bertz CT molecular complexity index is 813. The van der Waals surface area contributed by atoms with Crippen LogP contribution in [-0.2, 0) is 19.2 Å². The van der Waals surface area contributed by atoms with Crippen LogP contribution in [0.5, 0.6) is 5.75 Å². The van der Waals surface area contributed by atoms with Crippen molar-refractivity contribution in [2.75, 3.05) is 0 Å². The Morgan fingerprint density at radius 3 is 2.40 bits per heavy atom. The van der Waals surface area contributed by atoms with Gasteiger partial charge in [-0.25, -0.2) is 4.79 Å². The van der Waals surface area contributed by atoms with Crippen molar-refractivity contribution in [3.8, 4) is 5.75 Å². The number of nitrogens with two attached hydrogens (primary N) is 1. The first-order valence-electron chi connectivity index (χ1n) is 9.56. The van der Waals surface area contributed by atoms with Crippen molar-refractivity contribution in [1.29, 1.82) is 0 Å². The zero-order valence-corrected chi connectivity index (χ0v) is 17.9. The van der Waals surface area contributed by atoms with E-state index >= 15 is 0 Å². The number of fused-ring (bicyclic) bond motifs is 1. The molecule has 2 amide bonds. The molecule has 164 valence electrons. The highest BCUT2D eigenvalue weighted by Crippen LogP contribution is 2.50. The van der Waals surface area contributed by atoms with E-state index in [1.807, 2.05) is 6.92 Å². The van der Waals surface area contributed by atoms with Gasteiger partial charge in [-0.2, -0.15) is 0 Å². The predicted molar refractivity (Wildman–Crippen MR) is 112 cm³/mol. The van der Waals surface area contributed by atoms with Crippen LogP contribution in [-0.4, -0.2) is 61.4 Å². The summed E-state index contributed by atoms with van der Waals surface area (Å²) in [5.41, 5.74) is 6.41. The predicted octanol–water partition coefficient (Wildman–Crippen LogP) is 1.01. The number of nitrogens with one attached hydrogen (secondary N) is 1. The second-order valence-electron chi connectivity index (χ2n) is 7.61. The minimum Gasteiger partial charge on any atom is -0.508 e. The van der Waals surface area contributed by atoms with Gasteiger partial charge in [0.25, 0.3) is 0 Å². The quantitative estimate of drug-likeness (QED) is 0.380. The molecule has 1 aromatic carbocycles. The summed E-state index contributed by atoms with van der Waals surface area (Å²) in [6, 6.07) is 3.21. The summed E-state index contributed by atoms with van der Waals surface area (Å²) in [7, 11) is 0. The van der Waals surface area contributed by atoms with E-state index in [9.17, 15) is 29.4 Å². The molecule has 2 heterocycles. The summed E-state index contributed by atoms with van der Waals surface area (Å²) in [6.45, 7) is 5.51. The number of hydrogen-bond donors (Lipinski definition) is 4. The number of aldehydes is 1. The van der Waals surface area contributed by atoms with Gasteiger partial charge in [-0.3, -0.25) is 9.59 Å². The number of benzene rings is 1. The van der Waals surface area contributed by atoms with Crippen LogP contribution in [0, 0.1) is 0 Å². The van der Waals surface area contributed by atoms with Crippen molar-refractivity contribution in [3.05, 3.63) is 29.8 Å². The third kappa shape index (κ3) is 4.76. The molecule has 2 aliphatic rings. The van der Waals surface area contributed by atoms with Gasteiger partial charge in [0.2, 0.25) is 11.8 Å². The summed E-state index contributed by atoms with van der Waals surface area (Å²) in [4.78, 5) is 46.9. The summed E-state index contributed by atoms with van der Waals surface area (Å²) in [6.07, 6.45) is 2.61. The van der Waals surface area contributed by atoms with Gasteiger partial charge < -0.3 is 31.0 Å². The molecular weight excluding hydrogens is 410 g/mol. The number of carbonyl (C=O) groups is 4. The number of rotatable bonds is 6. The standard InChI is InChI=1S/C16H19N3O5S.C4H8O/c1-16(2)11(15(23)24)19-13(22)10(14(19)25-16)18-12(21)9(17)7-3-5-8(20)6-4-7;1-2-3-4-5/h3-6,9-11,14,20H,17H2,1-2H3,(H,18,21)(H,23,24);4H,2-3H2,1H3/t9?,10-,11+,14-;/m1./s1. The minimum absolute atomic E-state index is 0.0606. The fourth-order valence-corrected chi connectivity index (χ4v) is 4.96. The molecule has 2 fully saturated rings. The van der Waals surface area contributed by atoms with Crippen LogP contribution in [0.3, 0.4) is 0 Å². The molecule has 0 saturated carbocycles. The number of carboxylic acids is 1. The van der Waals surface area contributed by atoms with Crippen molar-refractivity contribution in [2.45, 2.75) is 61.9 Å². The molecule has 0 aliphatic carbocycles.